The van der Waals surface area contributed by atoms with E-state index >= 15 is 0 Å². The number of aromatic nitrogens is 2. The minimum atomic E-state index is -0.214. The third-order valence-corrected chi connectivity index (χ3v) is 4.77. The molecule has 0 aliphatic carbocycles. The van der Waals surface area contributed by atoms with Crippen molar-refractivity contribution in [3.05, 3.63) is 53.9 Å². The van der Waals surface area contributed by atoms with Crippen LogP contribution in [0.25, 0.3) is 22.2 Å². The van der Waals surface area contributed by atoms with E-state index in [1.165, 1.54) is 5.56 Å². The fourth-order valence-electron chi connectivity index (χ4n) is 3.10. The molecule has 6 heteroatoms. The number of rotatable bonds is 7. The molecule has 6 nitrogen and oxygen atoms in total. The maximum Gasteiger partial charge on any atom is 0.287 e. The maximum atomic E-state index is 12.5. The number of nitrogens with zero attached hydrogens (tertiary/aromatic N) is 2. The lowest BCUT2D eigenvalue weighted by atomic mass is 10.0. The average Bonchev–Trinajstić information content (AvgIpc) is 3.01. The zero-order chi connectivity index (χ0) is 19.4. The highest BCUT2D eigenvalue weighted by molar-refractivity contribution is 5.95. The van der Waals surface area contributed by atoms with E-state index in [0.29, 0.717) is 18.9 Å². The Hall–Kier alpha value is -2.70. The van der Waals surface area contributed by atoms with Gasteiger partial charge in [0.1, 0.15) is 0 Å². The molecule has 0 saturated heterocycles. The molecule has 0 aliphatic heterocycles. The summed E-state index contributed by atoms with van der Waals surface area (Å²) in [5.41, 5.74) is 16.7. The van der Waals surface area contributed by atoms with Gasteiger partial charge in [-0.15, -0.1) is 0 Å². The second-order valence-corrected chi connectivity index (χ2v) is 6.96. The molecule has 3 aromatic rings. The Labute approximate surface area is 159 Å². The summed E-state index contributed by atoms with van der Waals surface area (Å²) >= 11 is 0. The molecule has 2 aromatic carbocycles. The number of hydrogen-bond donors (Lipinski definition) is 3. The highest BCUT2D eigenvalue weighted by Gasteiger charge is 2.16. The molecule has 0 fully saturated rings. The third kappa shape index (κ3) is 4.35. The van der Waals surface area contributed by atoms with Crippen molar-refractivity contribution in [2.75, 3.05) is 13.1 Å². The van der Waals surface area contributed by atoms with Crippen molar-refractivity contribution in [2.45, 2.75) is 25.8 Å². The lowest BCUT2D eigenvalue weighted by Gasteiger charge is -2.12. The molecule has 27 heavy (non-hydrogen) atoms. The molecule has 0 bridgehead atoms. The monoisotopic (exact) mass is 365 g/mol. The molecule has 142 valence electrons. The van der Waals surface area contributed by atoms with Crippen LogP contribution >= 0.6 is 0 Å². The molecule has 1 aromatic heterocycles. The molecule has 0 aliphatic rings. The van der Waals surface area contributed by atoms with E-state index in [1.54, 1.807) is 0 Å². The van der Waals surface area contributed by atoms with Crippen LogP contribution in [0, 0.1) is 6.92 Å². The topological polar surface area (TPSA) is 99.0 Å². The Bertz CT molecular complexity index is 930. The summed E-state index contributed by atoms with van der Waals surface area (Å²) in [7, 11) is 1.86. The van der Waals surface area contributed by atoms with E-state index < -0.39 is 0 Å². The Morgan fingerprint density at radius 3 is 2.59 bits per heavy atom. The van der Waals surface area contributed by atoms with E-state index in [0.717, 1.165) is 35.0 Å². The Balaban J connectivity index is 1.80. The zero-order valence-corrected chi connectivity index (χ0v) is 15.9. The number of aryl methyl sites for hydroxylation is 2. The molecule has 0 radical (unpaired) electrons. The van der Waals surface area contributed by atoms with Crippen LogP contribution < -0.4 is 16.8 Å². The van der Waals surface area contributed by atoms with Crippen molar-refractivity contribution in [2.24, 2.45) is 18.5 Å². The highest BCUT2D eigenvalue weighted by atomic mass is 16.2. The minimum Gasteiger partial charge on any atom is -0.348 e. The normalized spacial score (nSPS) is 12.3. The Kier molecular flexibility index (Phi) is 5.88. The van der Waals surface area contributed by atoms with Gasteiger partial charge in [-0.3, -0.25) is 4.79 Å². The first-order valence-electron chi connectivity index (χ1n) is 9.27. The van der Waals surface area contributed by atoms with Crippen molar-refractivity contribution in [1.82, 2.24) is 14.9 Å². The summed E-state index contributed by atoms with van der Waals surface area (Å²) in [6, 6.07) is 14.3. The first-order valence-corrected chi connectivity index (χ1v) is 9.27. The molecule has 5 N–H and O–H groups in total. The van der Waals surface area contributed by atoms with Gasteiger partial charge >= 0.3 is 0 Å². The predicted molar refractivity (Wildman–Crippen MR) is 109 cm³/mol. The van der Waals surface area contributed by atoms with Crippen LogP contribution in [0.4, 0.5) is 0 Å². The van der Waals surface area contributed by atoms with Crippen LogP contribution in [-0.2, 0) is 7.05 Å². The van der Waals surface area contributed by atoms with Crippen LogP contribution in [0.3, 0.4) is 0 Å². The van der Waals surface area contributed by atoms with E-state index in [2.05, 4.69) is 47.6 Å². The highest BCUT2D eigenvalue weighted by Crippen LogP contribution is 2.25. The predicted octanol–water partition coefficient (Wildman–Crippen LogP) is 2.34. The first-order chi connectivity index (χ1) is 13.0. The van der Waals surface area contributed by atoms with Crippen LogP contribution in [0.5, 0.6) is 0 Å². The van der Waals surface area contributed by atoms with Gasteiger partial charge in [0.05, 0.1) is 11.0 Å². The van der Waals surface area contributed by atoms with Crippen molar-refractivity contribution < 1.29 is 4.79 Å². The SMILES string of the molecule is Cc1ccc(-c2ccc3nc(C(=O)NC[C@H](N)CCCN)n(C)c3c2)cc1. The summed E-state index contributed by atoms with van der Waals surface area (Å²) in [6.07, 6.45) is 1.64. The summed E-state index contributed by atoms with van der Waals surface area (Å²) < 4.78 is 1.83. The van der Waals surface area contributed by atoms with Crippen LogP contribution in [0.15, 0.2) is 42.5 Å². The maximum absolute atomic E-state index is 12.5. The number of nitrogens with one attached hydrogen (secondary N) is 1. The van der Waals surface area contributed by atoms with E-state index in [1.807, 2.05) is 23.7 Å². The molecule has 0 spiro atoms. The smallest absolute Gasteiger partial charge is 0.287 e. The van der Waals surface area contributed by atoms with Crippen LogP contribution in [0.2, 0.25) is 0 Å². The fourth-order valence-corrected chi connectivity index (χ4v) is 3.10. The van der Waals surface area contributed by atoms with Crippen molar-refractivity contribution >= 4 is 16.9 Å². The minimum absolute atomic E-state index is 0.0969. The van der Waals surface area contributed by atoms with Gasteiger partial charge < -0.3 is 21.4 Å². The van der Waals surface area contributed by atoms with Crippen molar-refractivity contribution in [3.8, 4) is 11.1 Å². The van der Waals surface area contributed by atoms with Crippen LogP contribution in [0.1, 0.15) is 29.0 Å². The second kappa shape index (κ2) is 8.33. The largest absolute Gasteiger partial charge is 0.348 e. The molecular formula is C21H27N5O. The van der Waals surface area contributed by atoms with E-state index in [9.17, 15) is 4.79 Å². The van der Waals surface area contributed by atoms with E-state index in [4.69, 9.17) is 11.5 Å². The van der Waals surface area contributed by atoms with Gasteiger partial charge in [-0.1, -0.05) is 35.9 Å². The molecule has 1 amide bonds. The van der Waals surface area contributed by atoms with Gasteiger partial charge in [0.2, 0.25) is 0 Å². The standard InChI is InChI=1S/C21H27N5O/c1-14-5-7-15(8-6-14)16-9-10-18-19(12-16)26(2)20(25-18)21(27)24-13-17(23)4-3-11-22/h5-10,12,17H,3-4,11,13,22-23H2,1-2H3,(H,24,27)/t17-/m1/s1. The number of amides is 1. The Morgan fingerprint density at radius 1 is 1.19 bits per heavy atom. The number of nitrogens with two attached hydrogens (primary N) is 2. The lowest BCUT2D eigenvalue weighted by molar-refractivity contribution is 0.0937. The summed E-state index contributed by atoms with van der Waals surface area (Å²) in [4.78, 5) is 17.0. The number of carbonyl (C=O) groups excluding carboxylic acids is 1. The lowest BCUT2D eigenvalue weighted by Crippen LogP contribution is -2.38. The summed E-state index contributed by atoms with van der Waals surface area (Å²) in [5, 5.41) is 2.87. The van der Waals surface area contributed by atoms with Gasteiger partial charge in [0.25, 0.3) is 5.91 Å². The van der Waals surface area contributed by atoms with Gasteiger partial charge in [0.15, 0.2) is 5.82 Å². The first kappa shape index (κ1) is 19.1. The van der Waals surface area contributed by atoms with Gasteiger partial charge in [-0.05, 0) is 49.6 Å². The number of hydrogen-bond acceptors (Lipinski definition) is 4. The number of fused-ring (bicyclic) bond motifs is 1. The average molecular weight is 365 g/mol. The second-order valence-electron chi connectivity index (χ2n) is 6.96. The quantitative estimate of drug-likeness (QED) is 0.598. The fraction of sp³-hybridized carbons (Fsp3) is 0.333. The number of carbonyl (C=O) groups is 1. The molecule has 0 unspecified atom stereocenters. The molecule has 0 saturated carbocycles. The number of benzene rings is 2. The Morgan fingerprint density at radius 2 is 1.89 bits per heavy atom. The van der Waals surface area contributed by atoms with Gasteiger partial charge in [-0.2, -0.15) is 0 Å². The zero-order valence-electron chi connectivity index (χ0n) is 15.9. The van der Waals surface area contributed by atoms with Gasteiger partial charge in [-0.25, -0.2) is 4.98 Å². The van der Waals surface area contributed by atoms with Crippen LogP contribution in [-0.4, -0.2) is 34.6 Å². The van der Waals surface area contributed by atoms with Crippen molar-refractivity contribution in [1.29, 1.82) is 0 Å². The van der Waals surface area contributed by atoms with E-state index in [-0.39, 0.29) is 11.9 Å². The molecular weight excluding hydrogens is 338 g/mol. The molecule has 3 rings (SSSR count). The third-order valence-electron chi connectivity index (χ3n) is 4.77. The van der Waals surface area contributed by atoms with Crippen molar-refractivity contribution in [3.63, 3.8) is 0 Å². The summed E-state index contributed by atoms with van der Waals surface area (Å²) in [6.45, 7) is 3.09. The van der Waals surface area contributed by atoms with Gasteiger partial charge in [0, 0.05) is 19.6 Å². The molecule has 1 atom stereocenters. The summed E-state index contributed by atoms with van der Waals surface area (Å²) in [5.74, 6) is 0.172. The number of imidazole rings is 1. The molecule has 1 heterocycles.